The van der Waals surface area contributed by atoms with Crippen molar-refractivity contribution in [3.05, 3.63) is 29.6 Å². The van der Waals surface area contributed by atoms with Crippen molar-refractivity contribution in [1.82, 2.24) is 0 Å². The quantitative estimate of drug-likeness (QED) is 0.620. The second-order valence-electron chi connectivity index (χ2n) is 4.23. The van der Waals surface area contributed by atoms with Crippen LogP contribution in [-0.2, 0) is 4.74 Å². The predicted molar refractivity (Wildman–Crippen MR) is 64.0 cm³/mol. The molecule has 0 amide bonds. The number of aliphatic hydroxyl groups excluding tert-OH is 1. The van der Waals surface area contributed by atoms with E-state index in [9.17, 15) is 22.7 Å². The van der Waals surface area contributed by atoms with Gasteiger partial charge < -0.3 is 14.6 Å². The fraction of sp³-hybridized carbons (Fsp3) is 0.538. The Morgan fingerprint density at radius 2 is 1.95 bits per heavy atom. The third kappa shape index (κ3) is 6.21. The lowest BCUT2D eigenvalue weighted by molar-refractivity contribution is -0.174. The van der Waals surface area contributed by atoms with E-state index >= 15 is 0 Å². The highest BCUT2D eigenvalue weighted by molar-refractivity contribution is 5.35. The average Bonchev–Trinajstić information content (AvgIpc) is 2.33. The Hall–Kier alpha value is -1.34. The van der Waals surface area contributed by atoms with Crippen molar-refractivity contribution in [3.63, 3.8) is 0 Å². The van der Waals surface area contributed by atoms with Crippen molar-refractivity contribution in [2.75, 3.05) is 19.8 Å². The molecule has 1 atom stereocenters. The molecule has 0 spiro atoms. The van der Waals surface area contributed by atoms with Crippen molar-refractivity contribution in [3.8, 4) is 5.75 Å². The van der Waals surface area contributed by atoms with Crippen LogP contribution in [0.25, 0.3) is 0 Å². The zero-order chi connectivity index (χ0) is 15.2. The Labute approximate surface area is 114 Å². The first kappa shape index (κ1) is 16.7. The lowest BCUT2D eigenvalue weighted by Gasteiger charge is -2.13. The first-order chi connectivity index (χ1) is 9.29. The zero-order valence-corrected chi connectivity index (χ0v) is 10.9. The molecule has 1 aromatic rings. The van der Waals surface area contributed by atoms with Crippen LogP contribution in [0.15, 0.2) is 18.2 Å². The van der Waals surface area contributed by atoms with Crippen LogP contribution in [-0.4, -0.2) is 31.1 Å². The molecular weight excluding hydrogens is 280 g/mol. The Balaban J connectivity index is 2.35. The van der Waals surface area contributed by atoms with Gasteiger partial charge in [-0.3, -0.25) is 0 Å². The van der Waals surface area contributed by atoms with Crippen LogP contribution in [0.3, 0.4) is 0 Å². The molecule has 20 heavy (non-hydrogen) atoms. The Bertz CT molecular complexity index is 419. The summed E-state index contributed by atoms with van der Waals surface area (Å²) in [6.07, 6.45) is -4.98. The van der Waals surface area contributed by atoms with Crippen molar-refractivity contribution in [1.29, 1.82) is 0 Å². The van der Waals surface area contributed by atoms with Gasteiger partial charge in [-0.2, -0.15) is 13.2 Å². The van der Waals surface area contributed by atoms with Crippen LogP contribution in [0.5, 0.6) is 5.75 Å². The van der Waals surface area contributed by atoms with Gasteiger partial charge in [-0.1, -0.05) is 0 Å². The third-order valence-electron chi connectivity index (χ3n) is 2.38. The predicted octanol–water partition coefficient (Wildman–Crippen LogP) is 3.23. The largest absolute Gasteiger partial charge is 0.493 e. The summed E-state index contributed by atoms with van der Waals surface area (Å²) < 4.78 is 58.1. The minimum absolute atomic E-state index is 0.0925. The minimum atomic E-state index is -4.34. The van der Waals surface area contributed by atoms with E-state index in [-0.39, 0.29) is 19.6 Å². The molecule has 0 aliphatic carbocycles. The average molecular weight is 296 g/mol. The van der Waals surface area contributed by atoms with Crippen LogP contribution in [0.4, 0.5) is 17.6 Å². The molecule has 0 saturated heterocycles. The van der Waals surface area contributed by atoms with Crippen molar-refractivity contribution >= 4 is 0 Å². The summed E-state index contributed by atoms with van der Waals surface area (Å²) in [5, 5.41) is 9.46. The number of halogens is 4. The Morgan fingerprint density at radius 1 is 1.25 bits per heavy atom. The van der Waals surface area contributed by atoms with Gasteiger partial charge in [-0.05, 0) is 25.1 Å². The second kappa shape index (κ2) is 7.44. The number of rotatable bonds is 7. The van der Waals surface area contributed by atoms with Gasteiger partial charge in [0.2, 0.25) is 0 Å². The molecular formula is C13H16F4O3. The van der Waals surface area contributed by atoms with Crippen molar-refractivity contribution < 1.29 is 32.1 Å². The standard InChI is InChI=1S/C13H16F4O3/c1-9(18)11-7-10(14)3-4-12(11)20-6-2-5-19-8-13(15,16)17/h3-4,7,9,18H,2,5-6,8H2,1H3/t9-/m0/s1. The molecule has 0 bridgehead atoms. The van der Waals surface area contributed by atoms with Crippen molar-refractivity contribution in [2.24, 2.45) is 0 Å². The van der Waals surface area contributed by atoms with E-state index in [4.69, 9.17) is 4.74 Å². The number of alkyl halides is 3. The van der Waals surface area contributed by atoms with Gasteiger partial charge in [-0.25, -0.2) is 4.39 Å². The third-order valence-corrected chi connectivity index (χ3v) is 2.38. The van der Waals surface area contributed by atoms with Gasteiger partial charge in [0.05, 0.1) is 19.3 Å². The Kier molecular flexibility index (Phi) is 6.22. The van der Waals surface area contributed by atoms with Gasteiger partial charge in [-0.15, -0.1) is 0 Å². The van der Waals surface area contributed by atoms with Crippen LogP contribution in [0, 0.1) is 5.82 Å². The highest BCUT2D eigenvalue weighted by atomic mass is 19.4. The Morgan fingerprint density at radius 3 is 2.55 bits per heavy atom. The molecule has 7 heteroatoms. The molecule has 0 aromatic heterocycles. The summed E-state index contributed by atoms with van der Waals surface area (Å²) in [6.45, 7) is 0.199. The molecule has 0 radical (unpaired) electrons. The lowest BCUT2D eigenvalue weighted by atomic mass is 10.1. The molecule has 0 aliphatic heterocycles. The van der Waals surface area contributed by atoms with E-state index in [1.54, 1.807) is 0 Å². The van der Waals surface area contributed by atoms with Crippen LogP contribution >= 0.6 is 0 Å². The molecule has 0 aliphatic rings. The molecule has 0 heterocycles. The molecule has 3 nitrogen and oxygen atoms in total. The summed E-state index contributed by atoms with van der Waals surface area (Å²) >= 11 is 0. The summed E-state index contributed by atoms with van der Waals surface area (Å²) in [5.41, 5.74) is 0.293. The highest BCUT2D eigenvalue weighted by Gasteiger charge is 2.27. The van der Waals surface area contributed by atoms with Gasteiger partial charge in [0.25, 0.3) is 0 Å². The molecule has 0 fully saturated rings. The van der Waals surface area contributed by atoms with E-state index in [0.717, 1.165) is 6.07 Å². The van der Waals surface area contributed by atoms with E-state index in [0.29, 0.717) is 11.3 Å². The van der Waals surface area contributed by atoms with Gasteiger partial charge in [0, 0.05) is 12.0 Å². The van der Waals surface area contributed by atoms with Crippen LogP contribution in [0.1, 0.15) is 25.0 Å². The van der Waals surface area contributed by atoms with Crippen LogP contribution in [0.2, 0.25) is 0 Å². The van der Waals surface area contributed by atoms with Gasteiger partial charge >= 0.3 is 6.18 Å². The summed E-state index contributed by atoms with van der Waals surface area (Å²) in [7, 11) is 0. The molecule has 0 unspecified atom stereocenters. The number of aliphatic hydroxyl groups is 1. The minimum Gasteiger partial charge on any atom is -0.493 e. The smallest absolute Gasteiger partial charge is 0.411 e. The van der Waals surface area contributed by atoms with Crippen molar-refractivity contribution in [2.45, 2.75) is 25.6 Å². The monoisotopic (exact) mass is 296 g/mol. The van der Waals surface area contributed by atoms with E-state index in [2.05, 4.69) is 4.74 Å². The molecule has 1 aromatic carbocycles. The van der Waals surface area contributed by atoms with E-state index < -0.39 is 24.7 Å². The maximum absolute atomic E-state index is 13.0. The van der Waals surface area contributed by atoms with E-state index in [1.165, 1.54) is 19.1 Å². The number of ether oxygens (including phenoxy) is 2. The second-order valence-corrected chi connectivity index (χ2v) is 4.23. The number of hydrogen-bond donors (Lipinski definition) is 1. The topological polar surface area (TPSA) is 38.7 Å². The van der Waals surface area contributed by atoms with E-state index in [1.807, 2.05) is 0 Å². The maximum atomic E-state index is 13.0. The highest BCUT2D eigenvalue weighted by Crippen LogP contribution is 2.26. The summed E-state index contributed by atoms with van der Waals surface area (Å²) in [4.78, 5) is 0. The molecule has 1 N–H and O–H groups in total. The van der Waals surface area contributed by atoms with Gasteiger partial charge in [0.15, 0.2) is 0 Å². The molecule has 1 rings (SSSR count). The first-order valence-corrected chi connectivity index (χ1v) is 6.04. The normalized spacial score (nSPS) is 13.3. The van der Waals surface area contributed by atoms with Crippen LogP contribution < -0.4 is 4.74 Å². The van der Waals surface area contributed by atoms with Gasteiger partial charge in [0.1, 0.15) is 18.2 Å². The maximum Gasteiger partial charge on any atom is 0.411 e. The SMILES string of the molecule is C[C@H](O)c1cc(F)ccc1OCCCOCC(F)(F)F. The zero-order valence-electron chi connectivity index (χ0n) is 10.9. The summed E-state index contributed by atoms with van der Waals surface area (Å²) in [5.74, 6) is -0.195. The fourth-order valence-electron chi connectivity index (χ4n) is 1.51. The number of benzene rings is 1. The first-order valence-electron chi connectivity index (χ1n) is 6.04. The lowest BCUT2D eigenvalue weighted by Crippen LogP contribution is -2.18. The number of hydrogen-bond acceptors (Lipinski definition) is 3. The fourth-order valence-corrected chi connectivity index (χ4v) is 1.51. The molecule has 0 saturated carbocycles. The summed E-state index contributed by atoms with van der Waals surface area (Å²) in [6, 6.07) is 3.70. The molecule has 114 valence electrons.